The molecule has 1 heterocycles. The fourth-order valence-corrected chi connectivity index (χ4v) is 4.06. The number of halogens is 1. The van der Waals surface area contributed by atoms with Gasteiger partial charge in [0.15, 0.2) is 5.96 Å². The molecule has 0 amide bonds. The summed E-state index contributed by atoms with van der Waals surface area (Å²) in [6.45, 7) is 8.68. The lowest BCUT2D eigenvalue weighted by atomic mass is 9.78. The third kappa shape index (κ3) is 7.49. The van der Waals surface area contributed by atoms with Gasteiger partial charge in [-0.25, -0.2) is 13.6 Å². The summed E-state index contributed by atoms with van der Waals surface area (Å²) in [5.74, 6) is 1.09. The van der Waals surface area contributed by atoms with Gasteiger partial charge in [-0.1, -0.05) is 32.9 Å². The van der Waals surface area contributed by atoms with E-state index in [0.29, 0.717) is 18.4 Å². The Bertz CT molecular complexity index is 763. The molecule has 9 heteroatoms. The highest BCUT2D eigenvalue weighted by atomic mass is 127. The normalized spacial score (nSPS) is 21.0. The molecule has 0 bridgehead atoms. The van der Waals surface area contributed by atoms with Crippen molar-refractivity contribution in [3.05, 3.63) is 29.8 Å². The molecule has 0 saturated carbocycles. The zero-order valence-electron chi connectivity index (χ0n) is 17.1. The quantitative estimate of drug-likeness (QED) is 0.312. The summed E-state index contributed by atoms with van der Waals surface area (Å²) < 4.78 is 29.0. The van der Waals surface area contributed by atoms with Gasteiger partial charge in [0.2, 0.25) is 10.0 Å². The monoisotopic (exact) mass is 524 g/mol. The Morgan fingerprint density at radius 1 is 1.32 bits per heavy atom. The van der Waals surface area contributed by atoms with E-state index in [0.717, 1.165) is 31.6 Å². The van der Waals surface area contributed by atoms with E-state index in [-0.39, 0.29) is 40.4 Å². The third-order valence-corrected chi connectivity index (χ3v) is 5.65. The van der Waals surface area contributed by atoms with Crippen molar-refractivity contribution in [2.45, 2.75) is 51.2 Å². The van der Waals surface area contributed by atoms with Gasteiger partial charge in [-0.2, -0.15) is 0 Å². The maximum absolute atomic E-state index is 11.5. The number of nitrogens with two attached hydrogens (primary N) is 1. The van der Waals surface area contributed by atoms with Crippen molar-refractivity contribution >= 4 is 40.0 Å². The van der Waals surface area contributed by atoms with Gasteiger partial charge >= 0.3 is 0 Å². The van der Waals surface area contributed by atoms with Gasteiger partial charge in [-0.15, -0.1) is 24.0 Å². The smallest absolute Gasteiger partial charge is 0.238 e. The Labute approximate surface area is 186 Å². The van der Waals surface area contributed by atoms with Crippen LogP contribution in [0.2, 0.25) is 0 Å². The third-order valence-electron chi connectivity index (χ3n) is 4.74. The largest absolute Gasteiger partial charge is 0.377 e. The van der Waals surface area contributed by atoms with Crippen LogP contribution in [0.5, 0.6) is 0 Å². The molecule has 0 aliphatic carbocycles. The first kappa shape index (κ1) is 25.1. The van der Waals surface area contributed by atoms with Crippen molar-refractivity contribution in [1.82, 2.24) is 10.6 Å². The molecule has 0 spiro atoms. The van der Waals surface area contributed by atoms with Crippen LogP contribution in [0.3, 0.4) is 0 Å². The lowest BCUT2D eigenvalue weighted by molar-refractivity contribution is -0.0835. The molecule has 2 rings (SSSR count). The maximum atomic E-state index is 11.5. The molecule has 7 nitrogen and oxygen atoms in total. The first-order valence-electron chi connectivity index (χ1n) is 9.29. The van der Waals surface area contributed by atoms with Crippen molar-refractivity contribution in [1.29, 1.82) is 0 Å². The highest BCUT2D eigenvalue weighted by molar-refractivity contribution is 14.0. The highest BCUT2D eigenvalue weighted by Gasteiger charge is 2.35. The topological polar surface area (TPSA) is 106 Å². The molecule has 4 N–H and O–H groups in total. The Morgan fingerprint density at radius 2 is 2.04 bits per heavy atom. The average Bonchev–Trinajstić information content (AvgIpc) is 2.61. The SMILES string of the molecule is CN=C(NCc1cccc(S(N)(=O)=O)c1)NCC1CCCOC1C(C)(C)C.I. The second-order valence-corrected chi connectivity index (χ2v) is 9.62. The molecule has 1 aromatic carbocycles. The van der Waals surface area contributed by atoms with Crippen LogP contribution < -0.4 is 15.8 Å². The minimum atomic E-state index is -3.70. The van der Waals surface area contributed by atoms with E-state index in [1.165, 1.54) is 6.07 Å². The van der Waals surface area contributed by atoms with Crippen molar-refractivity contribution in [2.75, 3.05) is 20.2 Å². The molecule has 0 radical (unpaired) electrons. The summed E-state index contributed by atoms with van der Waals surface area (Å²) in [4.78, 5) is 4.37. The molecule has 28 heavy (non-hydrogen) atoms. The van der Waals surface area contributed by atoms with Crippen molar-refractivity contribution < 1.29 is 13.2 Å². The summed E-state index contributed by atoms with van der Waals surface area (Å²) in [5, 5.41) is 11.8. The van der Waals surface area contributed by atoms with Crippen LogP contribution in [0.1, 0.15) is 39.2 Å². The van der Waals surface area contributed by atoms with Crippen molar-refractivity contribution in [3.63, 3.8) is 0 Å². The predicted molar refractivity (Wildman–Crippen MR) is 123 cm³/mol. The molecular weight excluding hydrogens is 491 g/mol. The predicted octanol–water partition coefficient (Wildman–Crippen LogP) is 2.46. The number of sulfonamides is 1. The summed E-state index contributed by atoms with van der Waals surface area (Å²) >= 11 is 0. The zero-order valence-corrected chi connectivity index (χ0v) is 20.2. The minimum Gasteiger partial charge on any atom is -0.377 e. The lowest BCUT2D eigenvalue weighted by Crippen LogP contribution is -2.47. The van der Waals surface area contributed by atoms with E-state index in [4.69, 9.17) is 9.88 Å². The molecule has 2 unspecified atom stereocenters. The number of hydrogen-bond donors (Lipinski definition) is 3. The van der Waals surface area contributed by atoms with Gasteiger partial charge < -0.3 is 15.4 Å². The van der Waals surface area contributed by atoms with Crippen LogP contribution in [-0.4, -0.2) is 40.7 Å². The van der Waals surface area contributed by atoms with E-state index in [9.17, 15) is 8.42 Å². The summed E-state index contributed by atoms with van der Waals surface area (Å²) in [7, 11) is -1.98. The number of primary sulfonamides is 1. The first-order chi connectivity index (χ1) is 12.6. The summed E-state index contributed by atoms with van der Waals surface area (Å²) in [6.07, 6.45) is 2.41. The number of aliphatic imine (C=N–C) groups is 1. The van der Waals surface area contributed by atoms with Crippen LogP contribution in [0.25, 0.3) is 0 Å². The molecule has 1 aromatic rings. The summed E-state index contributed by atoms with van der Waals surface area (Å²) in [6, 6.07) is 6.58. The van der Waals surface area contributed by atoms with Crippen LogP contribution in [0.4, 0.5) is 0 Å². The molecular formula is C19H33IN4O3S. The fraction of sp³-hybridized carbons (Fsp3) is 0.632. The molecule has 1 aliphatic rings. The number of hydrogen-bond acceptors (Lipinski definition) is 4. The van der Waals surface area contributed by atoms with Crippen molar-refractivity contribution in [3.8, 4) is 0 Å². The molecule has 160 valence electrons. The van der Waals surface area contributed by atoms with Gasteiger partial charge in [0.25, 0.3) is 0 Å². The zero-order chi connectivity index (χ0) is 20.1. The lowest BCUT2D eigenvalue weighted by Gasteiger charge is -2.40. The molecule has 0 aromatic heterocycles. The van der Waals surface area contributed by atoms with E-state index in [2.05, 4.69) is 36.4 Å². The van der Waals surface area contributed by atoms with Gasteiger partial charge in [-0.3, -0.25) is 4.99 Å². The van der Waals surface area contributed by atoms with Crippen LogP contribution in [0.15, 0.2) is 34.2 Å². The van der Waals surface area contributed by atoms with Crippen LogP contribution in [-0.2, 0) is 21.3 Å². The Morgan fingerprint density at radius 3 is 2.64 bits per heavy atom. The second-order valence-electron chi connectivity index (χ2n) is 8.06. The Balaban J connectivity index is 0.00000392. The molecule has 2 atom stereocenters. The fourth-order valence-electron chi connectivity index (χ4n) is 3.48. The molecule has 1 aliphatic heterocycles. The van der Waals surface area contributed by atoms with E-state index in [1.54, 1.807) is 19.2 Å². The number of guanidine groups is 1. The highest BCUT2D eigenvalue weighted by Crippen LogP contribution is 2.33. The maximum Gasteiger partial charge on any atom is 0.238 e. The number of ether oxygens (including phenoxy) is 1. The second kappa shape index (κ2) is 10.7. The number of benzene rings is 1. The first-order valence-corrected chi connectivity index (χ1v) is 10.8. The number of rotatable bonds is 5. The average molecular weight is 524 g/mol. The van der Waals surface area contributed by atoms with Gasteiger partial charge in [0.05, 0.1) is 11.0 Å². The van der Waals surface area contributed by atoms with E-state index >= 15 is 0 Å². The van der Waals surface area contributed by atoms with Gasteiger partial charge in [0, 0.05) is 32.7 Å². The Hall–Kier alpha value is -0.910. The molecule has 1 saturated heterocycles. The van der Waals surface area contributed by atoms with E-state index in [1.807, 2.05) is 6.07 Å². The van der Waals surface area contributed by atoms with Gasteiger partial charge in [-0.05, 0) is 36.0 Å². The molecule has 1 fully saturated rings. The number of nitrogens with zero attached hydrogens (tertiary/aromatic N) is 1. The standard InChI is InChI=1S/C19H32N4O3S.HI/c1-19(2,3)17-15(8-6-10-26-17)13-23-18(21-4)22-12-14-7-5-9-16(11-14)27(20,24)25;/h5,7,9,11,15,17H,6,8,10,12-13H2,1-4H3,(H2,20,24,25)(H2,21,22,23);1H. The van der Waals surface area contributed by atoms with Gasteiger partial charge in [0.1, 0.15) is 0 Å². The minimum absolute atomic E-state index is 0. The number of nitrogens with one attached hydrogen (secondary N) is 2. The Kier molecular flexibility index (Phi) is 9.65. The summed E-state index contributed by atoms with van der Waals surface area (Å²) in [5.41, 5.74) is 0.913. The van der Waals surface area contributed by atoms with E-state index < -0.39 is 10.0 Å². The van der Waals surface area contributed by atoms with Crippen LogP contribution >= 0.6 is 24.0 Å². The van der Waals surface area contributed by atoms with Crippen LogP contribution in [0, 0.1) is 11.3 Å². The van der Waals surface area contributed by atoms with Crippen molar-refractivity contribution in [2.24, 2.45) is 21.5 Å².